The second kappa shape index (κ2) is 9.62. The minimum Gasteiger partial charge on any atom is -0.497 e. The zero-order valence-corrected chi connectivity index (χ0v) is 14.8. The van der Waals surface area contributed by atoms with Gasteiger partial charge in [0.2, 0.25) is 5.91 Å². The lowest BCUT2D eigenvalue weighted by atomic mass is 10.0. The summed E-state index contributed by atoms with van der Waals surface area (Å²) >= 11 is 0. The summed E-state index contributed by atoms with van der Waals surface area (Å²) in [6.45, 7) is 2.72. The predicted molar refractivity (Wildman–Crippen MR) is 98.9 cm³/mol. The van der Waals surface area contributed by atoms with E-state index in [9.17, 15) is 9.59 Å². The van der Waals surface area contributed by atoms with Crippen molar-refractivity contribution in [2.75, 3.05) is 13.7 Å². The number of carbonyl (C=O) groups excluding carboxylic acids is 2. The lowest BCUT2D eigenvalue weighted by Crippen LogP contribution is -2.29. The Hall–Kier alpha value is -2.62. The van der Waals surface area contributed by atoms with Crippen molar-refractivity contribution in [1.82, 2.24) is 5.32 Å². The lowest BCUT2D eigenvalue weighted by molar-refractivity contribution is -0.121. The third kappa shape index (κ3) is 6.42. The average molecular weight is 339 g/mol. The van der Waals surface area contributed by atoms with E-state index < -0.39 is 0 Å². The van der Waals surface area contributed by atoms with Crippen molar-refractivity contribution in [3.05, 3.63) is 65.7 Å². The molecule has 0 heterocycles. The fraction of sp³-hybridized carbons (Fsp3) is 0.333. The Morgan fingerprint density at radius 1 is 1.00 bits per heavy atom. The topological polar surface area (TPSA) is 55.4 Å². The van der Waals surface area contributed by atoms with Crippen LogP contribution in [0.2, 0.25) is 0 Å². The second-order valence-corrected chi connectivity index (χ2v) is 6.25. The molecule has 1 N–H and O–H groups in total. The maximum Gasteiger partial charge on any atom is 0.220 e. The molecule has 2 aromatic carbocycles. The van der Waals surface area contributed by atoms with E-state index in [2.05, 4.69) is 24.4 Å². The van der Waals surface area contributed by atoms with Crippen LogP contribution in [-0.2, 0) is 11.2 Å². The fourth-order valence-electron chi connectivity index (χ4n) is 2.61. The van der Waals surface area contributed by atoms with Crippen LogP contribution in [0.1, 0.15) is 35.7 Å². The zero-order chi connectivity index (χ0) is 18.1. The van der Waals surface area contributed by atoms with Gasteiger partial charge in [0, 0.05) is 24.9 Å². The van der Waals surface area contributed by atoms with E-state index in [1.807, 2.05) is 18.2 Å². The molecule has 0 aliphatic rings. The standard InChI is InChI=1S/C21H25NO3/c1-16(14-17-6-4-3-5-7-17)15-22-21(24)13-12-20(23)18-8-10-19(25-2)11-9-18/h3-11,16H,12-15H2,1-2H3,(H,22,24). The molecule has 0 saturated heterocycles. The molecule has 0 aliphatic carbocycles. The highest BCUT2D eigenvalue weighted by molar-refractivity contribution is 5.98. The highest BCUT2D eigenvalue weighted by Gasteiger charge is 2.11. The molecule has 4 nitrogen and oxygen atoms in total. The van der Waals surface area contributed by atoms with Crippen LogP contribution in [0.25, 0.3) is 0 Å². The Morgan fingerprint density at radius 3 is 2.32 bits per heavy atom. The summed E-state index contributed by atoms with van der Waals surface area (Å²) in [6.07, 6.45) is 1.35. The van der Waals surface area contributed by atoms with Gasteiger partial charge in [-0.1, -0.05) is 37.3 Å². The van der Waals surface area contributed by atoms with Gasteiger partial charge in [0.25, 0.3) is 0 Å². The normalized spacial score (nSPS) is 11.6. The first kappa shape index (κ1) is 18.7. The molecular formula is C21H25NO3. The van der Waals surface area contributed by atoms with Gasteiger partial charge in [0.15, 0.2) is 5.78 Å². The summed E-state index contributed by atoms with van der Waals surface area (Å²) in [5.41, 5.74) is 1.87. The summed E-state index contributed by atoms with van der Waals surface area (Å²) in [7, 11) is 1.58. The van der Waals surface area contributed by atoms with E-state index in [0.717, 1.165) is 6.42 Å². The maximum absolute atomic E-state index is 12.1. The molecule has 1 amide bonds. The molecule has 0 fully saturated rings. The molecule has 2 aromatic rings. The number of nitrogens with one attached hydrogen (secondary N) is 1. The maximum atomic E-state index is 12.1. The van der Waals surface area contributed by atoms with Gasteiger partial charge in [0.05, 0.1) is 7.11 Å². The minimum absolute atomic E-state index is 0.0323. The largest absolute Gasteiger partial charge is 0.497 e. The number of methoxy groups -OCH3 is 1. The lowest BCUT2D eigenvalue weighted by Gasteiger charge is -2.12. The highest BCUT2D eigenvalue weighted by Crippen LogP contribution is 2.13. The van der Waals surface area contributed by atoms with Crippen molar-refractivity contribution >= 4 is 11.7 Å². The number of hydrogen-bond acceptors (Lipinski definition) is 3. The third-order valence-electron chi connectivity index (χ3n) is 4.07. The van der Waals surface area contributed by atoms with Gasteiger partial charge >= 0.3 is 0 Å². The SMILES string of the molecule is COc1ccc(C(=O)CCC(=O)NCC(C)Cc2ccccc2)cc1. The number of carbonyl (C=O) groups is 2. The van der Waals surface area contributed by atoms with Crippen molar-refractivity contribution in [1.29, 1.82) is 0 Å². The molecule has 1 atom stereocenters. The van der Waals surface area contributed by atoms with Crippen molar-refractivity contribution in [2.24, 2.45) is 5.92 Å². The van der Waals surface area contributed by atoms with E-state index in [-0.39, 0.29) is 24.5 Å². The zero-order valence-electron chi connectivity index (χ0n) is 14.8. The van der Waals surface area contributed by atoms with Gasteiger partial charge in [-0.15, -0.1) is 0 Å². The van der Waals surface area contributed by atoms with Crippen LogP contribution in [0, 0.1) is 5.92 Å². The van der Waals surface area contributed by atoms with E-state index >= 15 is 0 Å². The average Bonchev–Trinajstić information content (AvgIpc) is 2.65. The van der Waals surface area contributed by atoms with Crippen molar-refractivity contribution in [3.8, 4) is 5.75 Å². The Morgan fingerprint density at radius 2 is 1.68 bits per heavy atom. The summed E-state index contributed by atoms with van der Waals surface area (Å²) in [5.74, 6) is 0.947. The molecule has 0 radical (unpaired) electrons. The van der Waals surface area contributed by atoms with Crippen LogP contribution >= 0.6 is 0 Å². The van der Waals surface area contributed by atoms with Gasteiger partial charge < -0.3 is 10.1 Å². The summed E-state index contributed by atoms with van der Waals surface area (Å²) in [5, 5.41) is 2.92. The number of hydrogen-bond donors (Lipinski definition) is 1. The molecule has 4 heteroatoms. The van der Waals surface area contributed by atoms with Gasteiger partial charge in [-0.25, -0.2) is 0 Å². The minimum atomic E-state index is -0.0817. The van der Waals surface area contributed by atoms with Crippen LogP contribution in [0.15, 0.2) is 54.6 Å². The van der Waals surface area contributed by atoms with Gasteiger partial charge in [0.1, 0.15) is 5.75 Å². The number of Topliss-reactive ketones (excluding diaryl/α,β-unsaturated/α-hetero) is 1. The van der Waals surface area contributed by atoms with E-state index in [4.69, 9.17) is 4.74 Å². The molecular weight excluding hydrogens is 314 g/mol. The van der Waals surface area contributed by atoms with Crippen molar-refractivity contribution < 1.29 is 14.3 Å². The fourth-order valence-corrected chi connectivity index (χ4v) is 2.61. The Bertz CT molecular complexity index is 680. The van der Waals surface area contributed by atoms with Gasteiger partial charge in [-0.05, 0) is 42.2 Å². The molecule has 0 aromatic heterocycles. The number of rotatable bonds is 9. The number of ether oxygens (including phenoxy) is 1. The predicted octanol–water partition coefficient (Wildman–Crippen LogP) is 3.65. The van der Waals surface area contributed by atoms with Crippen LogP contribution in [-0.4, -0.2) is 25.3 Å². The van der Waals surface area contributed by atoms with Crippen molar-refractivity contribution in [2.45, 2.75) is 26.2 Å². The molecule has 0 bridgehead atoms. The first-order valence-corrected chi connectivity index (χ1v) is 8.56. The van der Waals surface area contributed by atoms with Crippen molar-refractivity contribution in [3.63, 3.8) is 0 Å². The molecule has 2 rings (SSSR count). The van der Waals surface area contributed by atoms with E-state index in [1.54, 1.807) is 31.4 Å². The Balaban J connectivity index is 1.70. The first-order valence-electron chi connectivity index (χ1n) is 8.56. The quantitative estimate of drug-likeness (QED) is 0.710. The van der Waals surface area contributed by atoms with Crippen LogP contribution in [0.5, 0.6) is 5.75 Å². The Labute approximate surface area is 149 Å². The van der Waals surface area contributed by atoms with Crippen LogP contribution < -0.4 is 10.1 Å². The molecule has 132 valence electrons. The highest BCUT2D eigenvalue weighted by atomic mass is 16.5. The number of ketones is 1. The molecule has 1 unspecified atom stereocenters. The monoisotopic (exact) mass is 339 g/mol. The van der Waals surface area contributed by atoms with E-state index in [0.29, 0.717) is 23.8 Å². The third-order valence-corrected chi connectivity index (χ3v) is 4.07. The number of amides is 1. The first-order chi connectivity index (χ1) is 12.1. The van der Waals surface area contributed by atoms with Gasteiger partial charge in [-0.2, -0.15) is 0 Å². The summed E-state index contributed by atoms with van der Waals surface area (Å²) in [4.78, 5) is 24.1. The summed E-state index contributed by atoms with van der Waals surface area (Å²) in [6, 6.07) is 17.2. The Kier molecular flexibility index (Phi) is 7.20. The molecule has 0 saturated carbocycles. The molecule has 0 spiro atoms. The smallest absolute Gasteiger partial charge is 0.220 e. The van der Waals surface area contributed by atoms with Crippen LogP contribution in [0.3, 0.4) is 0 Å². The molecule has 0 aliphatic heterocycles. The van der Waals surface area contributed by atoms with E-state index in [1.165, 1.54) is 5.56 Å². The summed E-state index contributed by atoms with van der Waals surface area (Å²) < 4.78 is 5.07. The molecule has 25 heavy (non-hydrogen) atoms. The number of benzene rings is 2. The van der Waals surface area contributed by atoms with Crippen LogP contribution in [0.4, 0.5) is 0 Å². The van der Waals surface area contributed by atoms with Gasteiger partial charge in [-0.3, -0.25) is 9.59 Å². The second-order valence-electron chi connectivity index (χ2n) is 6.25.